The molecule has 4 heteroatoms. The fourth-order valence-corrected chi connectivity index (χ4v) is 1.97. The van der Waals surface area contributed by atoms with E-state index in [4.69, 9.17) is 4.74 Å². The number of nitrogens with zero attached hydrogens (tertiary/aromatic N) is 2. The highest BCUT2D eigenvalue weighted by Crippen LogP contribution is 2.07. The monoisotopic (exact) mass is 243 g/mol. The maximum absolute atomic E-state index is 5.78. The van der Waals surface area contributed by atoms with E-state index in [9.17, 15) is 0 Å². The predicted molar refractivity (Wildman–Crippen MR) is 72.5 cm³/mol. The van der Waals surface area contributed by atoms with Crippen LogP contribution in [0.4, 0.5) is 0 Å². The number of hydrogen-bond acceptors (Lipinski definition) is 4. The van der Waals surface area contributed by atoms with E-state index in [1.54, 1.807) is 0 Å². The lowest BCUT2D eigenvalue weighted by molar-refractivity contribution is -0.0374. The van der Waals surface area contributed by atoms with Crippen molar-refractivity contribution in [3.05, 3.63) is 0 Å². The van der Waals surface area contributed by atoms with Crippen molar-refractivity contribution in [3.8, 4) is 0 Å². The van der Waals surface area contributed by atoms with Crippen molar-refractivity contribution in [2.24, 2.45) is 0 Å². The second kappa shape index (κ2) is 7.31. The second-order valence-electron chi connectivity index (χ2n) is 5.55. The molecule has 1 rings (SSSR count). The maximum Gasteiger partial charge on any atom is 0.0826 e. The average Bonchev–Trinajstić information content (AvgIpc) is 2.29. The molecule has 0 aromatic heterocycles. The quantitative estimate of drug-likeness (QED) is 0.741. The van der Waals surface area contributed by atoms with Gasteiger partial charge in [-0.15, -0.1) is 0 Å². The zero-order chi connectivity index (χ0) is 12.8. The smallest absolute Gasteiger partial charge is 0.0826 e. The SMILES string of the molecule is CC(CNCC1CN(C(C)C)CCO1)N(C)C. The standard InChI is InChI=1S/C13H29N3O/c1-11(2)16-6-7-17-13(10-16)9-14-8-12(3)15(4)5/h11-14H,6-10H2,1-5H3. The van der Waals surface area contributed by atoms with Crippen molar-refractivity contribution in [2.75, 3.05) is 46.9 Å². The van der Waals surface area contributed by atoms with Crippen molar-refractivity contribution in [3.63, 3.8) is 0 Å². The Bertz CT molecular complexity index is 209. The van der Waals surface area contributed by atoms with E-state index in [2.05, 4.69) is 50.0 Å². The number of rotatable bonds is 6. The van der Waals surface area contributed by atoms with Gasteiger partial charge in [-0.25, -0.2) is 0 Å². The summed E-state index contributed by atoms with van der Waals surface area (Å²) in [6, 6.07) is 1.20. The number of ether oxygens (including phenoxy) is 1. The average molecular weight is 243 g/mol. The summed E-state index contributed by atoms with van der Waals surface area (Å²) in [4.78, 5) is 4.72. The van der Waals surface area contributed by atoms with Gasteiger partial charge < -0.3 is 15.0 Å². The minimum atomic E-state index is 0.348. The molecular weight excluding hydrogens is 214 g/mol. The minimum absolute atomic E-state index is 0.348. The number of likely N-dealkylation sites (N-methyl/N-ethyl adjacent to an activating group) is 1. The third-order valence-corrected chi connectivity index (χ3v) is 3.59. The van der Waals surface area contributed by atoms with Crippen molar-refractivity contribution in [1.82, 2.24) is 15.1 Å². The van der Waals surface area contributed by atoms with Gasteiger partial charge in [0.15, 0.2) is 0 Å². The molecule has 1 heterocycles. The van der Waals surface area contributed by atoms with Crippen LogP contribution in [0, 0.1) is 0 Å². The Morgan fingerprint density at radius 1 is 1.35 bits per heavy atom. The fourth-order valence-electron chi connectivity index (χ4n) is 1.97. The van der Waals surface area contributed by atoms with E-state index >= 15 is 0 Å². The van der Waals surface area contributed by atoms with Gasteiger partial charge in [0, 0.05) is 38.3 Å². The van der Waals surface area contributed by atoms with Crippen LogP contribution >= 0.6 is 0 Å². The highest BCUT2D eigenvalue weighted by molar-refractivity contribution is 4.76. The van der Waals surface area contributed by atoms with E-state index in [-0.39, 0.29) is 0 Å². The van der Waals surface area contributed by atoms with Crippen molar-refractivity contribution in [1.29, 1.82) is 0 Å². The Morgan fingerprint density at radius 3 is 2.65 bits per heavy atom. The third-order valence-electron chi connectivity index (χ3n) is 3.59. The molecule has 0 saturated carbocycles. The van der Waals surface area contributed by atoms with Crippen LogP contribution in [0.5, 0.6) is 0 Å². The van der Waals surface area contributed by atoms with E-state index in [0.29, 0.717) is 18.2 Å². The van der Waals surface area contributed by atoms with Crippen LogP contribution in [-0.2, 0) is 4.74 Å². The molecule has 1 N–H and O–H groups in total. The zero-order valence-electron chi connectivity index (χ0n) is 12.1. The van der Waals surface area contributed by atoms with Gasteiger partial charge in [0.1, 0.15) is 0 Å². The van der Waals surface area contributed by atoms with Crippen molar-refractivity contribution >= 4 is 0 Å². The van der Waals surface area contributed by atoms with E-state index < -0.39 is 0 Å². The Kier molecular flexibility index (Phi) is 6.41. The summed E-state index contributed by atoms with van der Waals surface area (Å²) in [5.41, 5.74) is 0. The topological polar surface area (TPSA) is 27.7 Å². The summed E-state index contributed by atoms with van der Waals surface area (Å²) >= 11 is 0. The lowest BCUT2D eigenvalue weighted by atomic mass is 10.2. The molecule has 0 spiro atoms. The highest BCUT2D eigenvalue weighted by atomic mass is 16.5. The number of morpholine rings is 1. The molecule has 0 aromatic rings. The van der Waals surface area contributed by atoms with E-state index in [1.807, 2.05) is 0 Å². The summed E-state index contributed by atoms with van der Waals surface area (Å²) in [6.07, 6.45) is 0.348. The Hall–Kier alpha value is -0.160. The molecule has 0 radical (unpaired) electrons. The molecule has 0 bridgehead atoms. The predicted octanol–water partition coefficient (Wildman–Crippen LogP) is 0.635. The number of nitrogens with one attached hydrogen (secondary N) is 1. The first-order valence-electron chi connectivity index (χ1n) is 6.73. The van der Waals surface area contributed by atoms with Crippen LogP contribution in [-0.4, -0.2) is 74.9 Å². The Balaban J connectivity index is 2.18. The third kappa shape index (κ3) is 5.34. The Labute approximate surface area is 106 Å². The molecule has 0 amide bonds. The molecule has 0 aromatic carbocycles. The molecule has 17 heavy (non-hydrogen) atoms. The van der Waals surface area contributed by atoms with Gasteiger partial charge >= 0.3 is 0 Å². The van der Waals surface area contributed by atoms with Gasteiger partial charge in [-0.05, 0) is 34.9 Å². The van der Waals surface area contributed by atoms with Gasteiger partial charge in [-0.1, -0.05) is 0 Å². The van der Waals surface area contributed by atoms with Crippen LogP contribution < -0.4 is 5.32 Å². The van der Waals surface area contributed by atoms with Gasteiger partial charge in [0.2, 0.25) is 0 Å². The molecule has 4 nitrogen and oxygen atoms in total. The molecule has 102 valence electrons. The Morgan fingerprint density at radius 2 is 2.06 bits per heavy atom. The van der Waals surface area contributed by atoms with Crippen LogP contribution in [0.25, 0.3) is 0 Å². The normalized spacial score (nSPS) is 24.5. The summed E-state index contributed by atoms with van der Waals surface area (Å²) in [5, 5.41) is 3.50. The molecule has 1 saturated heterocycles. The van der Waals surface area contributed by atoms with Gasteiger partial charge in [0.05, 0.1) is 12.7 Å². The summed E-state index contributed by atoms with van der Waals surface area (Å²) < 4.78 is 5.78. The number of hydrogen-bond donors (Lipinski definition) is 1. The fraction of sp³-hybridized carbons (Fsp3) is 1.00. The maximum atomic E-state index is 5.78. The molecule has 1 aliphatic rings. The highest BCUT2D eigenvalue weighted by Gasteiger charge is 2.21. The first-order chi connectivity index (χ1) is 8.00. The molecular formula is C13H29N3O. The molecule has 1 fully saturated rings. The van der Waals surface area contributed by atoms with Crippen LogP contribution in [0.15, 0.2) is 0 Å². The summed E-state index contributed by atoms with van der Waals surface area (Å²) in [7, 11) is 4.23. The molecule has 1 aliphatic heterocycles. The summed E-state index contributed by atoms with van der Waals surface area (Å²) in [5.74, 6) is 0. The first kappa shape index (κ1) is 14.9. The van der Waals surface area contributed by atoms with Crippen molar-refractivity contribution in [2.45, 2.75) is 39.0 Å². The van der Waals surface area contributed by atoms with Crippen molar-refractivity contribution < 1.29 is 4.74 Å². The second-order valence-corrected chi connectivity index (χ2v) is 5.55. The molecule has 0 aliphatic carbocycles. The molecule has 2 unspecified atom stereocenters. The van der Waals surface area contributed by atoms with Gasteiger partial charge in [-0.2, -0.15) is 0 Å². The van der Waals surface area contributed by atoms with E-state index in [0.717, 1.165) is 32.8 Å². The summed E-state index contributed by atoms with van der Waals surface area (Å²) in [6.45, 7) is 11.7. The lowest BCUT2D eigenvalue weighted by Gasteiger charge is -2.35. The van der Waals surface area contributed by atoms with Gasteiger partial charge in [0.25, 0.3) is 0 Å². The zero-order valence-corrected chi connectivity index (χ0v) is 12.1. The minimum Gasteiger partial charge on any atom is -0.374 e. The molecule has 2 atom stereocenters. The van der Waals surface area contributed by atoms with Crippen LogP contribution in [0.3, 0.4) is 0 Å². The van der Waals surface area contributed by atoms with Gasteiger partial charge in [-0.3, -0.25) is 4.90 Å². The largest absolute Gasteiger partial charge is 0.374 e. The van der Waals surface area contributed by atoms with Crippen LogP contribution in [0.1, 0.15) is 20.8 Å². The first-order valence-corrected chi connectivity index (χ1v) is 6.73. The lowest BCUT2D eigenvalue weighted by Crippen LogP contribution is -2.50. The van der Waals surface area contributed by atoms with Crippen LogP contribution in [0.2, 0.25) is 0 Å². The van der Waals surface area contributed by atoms with E-state index in [1.165, 1.54) is 0 Å².